The lowest BCUT2D eigenvalue weighted by molar-refractivity contribution is -0.124. The zero-order chi connectivity index (χ0) is 23.7. The van der Waals surface area contributed by atoms with Gasteiger partial charge in [-0.15, -0.1) is 0 Å². The Hall–Kier alpha value is -2.65. The molecule has 1 aromatic heterocycles. The summed E-state index contributed by atoms with van der Waals surface area (Å²) in [7, 11) is 0. The fourth-order valence-corrected chi connectivity index (χ4v) is 5.08. The minimum atomic E-state index is -0.724. The van der Waals surface area contributed by atoms with Gasteiger partial charge >= 0.3 is 0 Å². The number of halogens is 1. The van der Waals surface area contributed by atoms with Crippen LogP contribution >= 0.6 is 11.6 Å². The normalized spacial score (nSPS) is 22.1. The number of aromatic nitrogens is 2. The number of morpholine rings is 1. The van der Waals surface area contributed by atoms with Gasteiger partial charge in [-0.25, -0.2) is 4.98 Å². The van der Waals surface area contributed by atoms with Crippen molar-refractivity contribution >= 4 is 34.2 Å². The summed E-state index contributed by atoms with van der Waals surface area (Å²) in [6, 6.07) is 11.3. The number of anilines is 1. The Balaban J connectivity index is 1.37. The topological polar surface area (TPSA) is 103 Å². The van der Waals surface area contributed by atoms with Crippen LogP contribution in [-0.2, 0) is 9.53 Å². The van der Waals surface area contributed by atoms with Crippen LogP contribution < -0.4 is 15.5 Å². The van der Waals surface area contributed by atoms with Crippen LogP contribution in [0.5, 0.6) is 0 Å². The fourth-order valence-electron chi connectivity index (χ4n) is 4.88. The average molecular weight is 484 g/mol. The summed E-state index contributed by atoms with van der Waals surface area (Å²) in [4.78, 5) is 23.5. The summed E-state index contributed by atoms with van der Waals surface area (Å²) >= 11 is 6.07. The minimum absolute atomic E-state index is 0.0638. The van der Waals surface area contributed by atoms with Crippen LogP contribution in [0.1, 0.15) is 35.4 Å². The van der Waals surface area contributed by atoms with Gasteiger partial charge in [0.1, 0.15) is 11.7 Å². The fraction of sp³-hybridized carbons (Fsp3) is 0.440. The number of carbonyl (C=O) groups excluding carboxylic acids is 1. The highest BCUT2D eigenvalue weighted by Gasteiger charge is 2.36. The number of hydrogen-bond acceptors (Lipinski definition) is 6. The number of amides is 1. The molecule has 9 heteroatoms. The van der Waals surface area contributed by atoms with E-state index in [9.17, 15) is 9.90 Å². The van der Waals surface area contributed by atoms with E-state index in [0.29, 0.717) is 23.9 Å². The van der Waals surface area contributed by atoms with Gasteiger partial charge < -0.3 is 30.4 Å². The molecule has 180 valence electrons. The van der Waals surface area contributed by atoms with Crippen LogP contribution in [0.4, 0.5) is 5.69 Å². The van der Waals surface area contributed by atoms with Crippen LogP contribution in [0.2, 0.25) is 5.02 Å². The number of rotatable bonds is 6. The van der Waals surface area contributed by atoms with Gasteiger partial charge in [-0.05, 0) is 48.7 Å². The molecule has 5 rings (SSSR count). The van der Waals surface area contributed by atoms with Gasteiger partial charge in [0.25, 0.3) is 0 Å². The number of aryl methyl sites for hydroxylation is 1. The molecule has 2 aromatic carbocycles. The number of benzene rings is 2. The molecule has 2 fully saturated rings. The van der Waals surface area contributed by atoms with Crippen LogP contribution in [0.25, 0.3) is 11.0 Å². The second-order valence-corrected chi connectivity index (χ2v) is 9.46. The van der Waals surface area contributed by atoms with Gasteiger partial charge in [-0.3, -0.25) is 4.79 Å². The number of aliphatic hydroxyl groups is 1. The Labute approximate surface area is 203 Å². The van der Waals surface area contributed by atoms with Gasteiger partial charge in [0.15, 0.2) is 0 Å². The van der Waals surface area contributed by atoms with Crippen molar-refractivity contribution in [2.45, 2.75) is 31.4 Å². The summed E-state index contributed by atoms with van der Waals surface area (Å²) in [6.45, 7) is 6.12. The van der Waals surface area contributed by atoms with Gasteiger partial charge in [0.05, 0.1) is 30.4 Å². The zero-order valence-electron chi connectivity index (χ0n) is 19.2. The second kappa shape index (κ2) is 9.92. The molecule has 2 aliphatic heterocycles. The van der Waals surface area contributed by atoms with Crippen molar-refractivity contribution in [3.8, 4) is 0 Å². The molecular formula is C25H30ClN5O3. The molecule has 0 spiro atoms. The number of carbonyl (C=O) groups is 1. The van der Waals surface area contributed by atoms with Gasteiger partial charge in [0.2, 0.25) is 5.91 Å². The second-order valence-electron chi connectivity index (χ2n) is 9.02. The predicted octanol–water partition coefficient (Wildman–Crippen LogP) is 2.66. The van der Waals surface area contributed by atoms with Crippen molar-refractivity contribution in [1.29, 1.82) is 0 Å². The quantitative estimate of drug-likeness (QED) is 0.430. The molecule has 2 aliphatic rings. The molecule has 3 aromatic rings. The van der Waals surface area contributed by atoms with Crippen LogP contribution in [0, 0.1) is 6.92 Å². The van der Waals surface area contributed by atoms with Gasteiger partial charge in [-0.2, -0.15) is 0 Å². The van der Waals surface area contributed by atoms with E-state index in [2.05, 4.69) is 39.6 Å². The molecule has 0 radical (unpaired) electrons. The number of H-pyrrole nitrogens is 1. The van der Waals surface area contributed by atoms with E-state index in [1.807, 2.05) is 12.1 Å². The van der Waals surface area contributed by atoms with E-state index >= 15 is 0 Å². The minimum Gasteiger partial charge on any atom is -0.387 e. The Kier molecular flexibility index (Phi) is 6.74. The maximum atomic E-state index is 12.9. The molecule has 0 saturated carbocycles. The number of nitrogens with one attached hydrogen (secondary N) is 3. The van der Waals surface area contributed by atoms with E-state index in [1.165, 1.54) is 0 Å². The van der Waals surface area contributed by atoms with Crippen molar-refractivity contribution in [2.75, 3.05) is 44.3 Å². The molecule has 1 amide bonds. The van der Waals surface area contributed by atoms with Crippen molar-refractivity contribution in [2.24, 2.45) is 0 Å². The SMILES string of the molecule is Cc1cc(N2CCOCC2)cc2[nH]c(C3C(=O)NCCC3NCC(O)c3cccc(Cl)c3)nc12. The first-order valence-electron chi connectivity index (χ1n) is 11.8. The summed E-state index contributed by atoms with van der Waals surface area (Å²) in [5.74, 6) is 0.106. The number of piperidine rings is 1. The molecule has 34 heavy (non-hydrogen) atoms. The number of hydrogen-bond donors (Lipinski definition) is 4. The van der Waals surface area contributed by atoms with Gasteiger partial charge in [0, 0.05) is 42.9 Å². The lowest BCUT2D eigenvalue weighted by Gasteiger charge is -2.31. The Bertz CT molecular complexity index is 1180. The first-order valence-corrected chi connectivity index (χ1v) is 12.1. The van der Waals surface area contributed by atoms with Crippen molar-refractivity contribution in [3.05, 3.63) is 58.4 Å². The molecule has 4 N–H and O–H groups in total. The van der Waals surface area contributed by atoms with Crippen LogP contribution in [-0.4, -0.2) is 66.4 Å². The highest BCUT2D eigenvalue weighted by atomic mass is 35.5. The van der Waals surface area contributed by atoms with E-state index in [-0.39, 0.29) is 11.9 Å². The zero-order valence-corrected chi connectivity index (χ0v) is 19.9. The summed E-state index contributed by atoms with van der Waals surface area (Å²) < 4.78 is 5.48. The predicted molar refractivity (Wildman–Crippen MR) is 132 cm³/mol. The highest BCUT2D eigenvalue weighted by Crippen LogP contribution is 2.30. The molecule has 3 heterocycles. The van der Waals surface area contributed by atoms with Crippen molar-refractivity contribution in [1.82, 2.24) is 20.6 Å². The molecule has 8 nitrogen and oxygen atoms in total. The van der Waals surface area contributed by atoms with E-state index in [4.69, 9.17) is 21.3 Å². The number of nitrogens with zero attached hydrogens (tertiary/aromatic N) is 2. The molecular weight excluding hydrogens is 454 g/mol. The first kappa shape index (κ1) is 23.1. The third-order valence-electron chi connectivity index (χ3n) is 6.70. The molecule has 2 saturated heterocycles. The highest BCUT2D eigenvalue weighted by molar-refractivity contribution is 6.30. The smallest absolute Gasteiger partial charge is 0.232 e. The third-order valence-corrected chi connectivity index (χ3v) is 6.93. The summed E-state index contributed by atoms with van der Waals surface area (Å²) in [5.41, 5.74) is 4.75. The van der Waals surface area contributed by atoms with Gasteiger partial charge in [-0.1, -0.05) is 23.7 Å². The monoisotopic (exact) mass is 483 g/mol. The Morgan fingerprint density at radius 2 is 2.12 bits per heavy atom. The number of aliphatic hydroxyl groups excluding tert-OH is 1. The lowest BCUT2D eigenvalue weighted by atomic mass is 9.91. The van der Waals surface area contributed by atoms with Crippen LogP contribution in [0.15, 0.2) is 36.4 Å². The summed E-state index contributed by atoms with van der Waals surface area (Å²) in [6.07, 6.45) is 0.0200. The van der Waals surface area contributed by atoms with E-state index < -0.39 is 12.0 Å². The maximum absolute atomic E-state index is 12.9. The molecule has 0 aliphatic carbocycles. The van der Waals surface area contributed by atoms with Crippen molar-refractivity contribution < 1.29 is 14.6 Å². The average Bonchev–Trinajstić information content (AvgIpc) is 3.27. The maximum Gasteiger partial charge on any atom is 0.232 e. The third kappa shape index (κ3) is 4.77. The number of aromatic amines is 1. The largest absolute Gasteiger partial charge is 0.387 e. The molecule has 0 bridgehead atoms. The van der Waals surface area contributed by atoms with Crippen molar-refractivity contribution in [3.63, 3.8) is 0 Å². The number of ether oxygens (including phenoxy) is 1. The lowest BCUT2D eigenvalue weighted by Crippen LogP contribution is -2.50. The standard InChI is InChI=1S/C25H30ClN5O3/c1-15-11-18(31-7-9-34-10-8-31)13-20-23(15)30-24(29-20)22-19(5-6-27-25(22)33)28-14-21(32)16-3-2-4-17(26)12-16/h2-4,11-13,19,21-22,28,32H,5-10,14H2,1H3,(H,27,33)(H,29,30). The Morgan fingerprint density at radius 3 is 2.91 bits per heavy atom. The number of fused-ring (bicyclic) bond motifs is 1. The molecule has 3 atom stereocenters. The van der Waals surface area contributed by atoms with E-state index in [1.54, 1.807) is 12.1 Å². The van der Waals surface area contributed by atoms with E-state index in [0.717, 1.165) is 60.6 Å². The Morgan fingerprint density at radius 1 is 1.29 bits per heavy atom. The number of imidazole rings is 1. The molecule has 3 unspecified atom stereocenters. The first-order chi connectivity index (χ1) is 16.5. The van der Waals surface area contributed by atoms with Crippen LogP contribution in [0.3, 0.4) is 0 Å². The summed E-state index contributed by atoms with van der Waals surface area (Å²) in [5, 5.41) is 17.6.